The number of aromatic nitrogens is 1. The zero-order chi connectivity index (χ0) is 14.7. The first-order valence-electron chi connectivity index (χ1n) is 8.19. The van der Waals surface area contributed by atoms with Gasteiger partial charge < -0.3 is 14.4 Å². The molecule has 0 unspecified atom stereocenters. The Morgan fingerprint density at radius 1 is 1.14 bits per heavy atom. The minimum atomic E-state index is 0.341. The maximum atomic E-state index is 6.15. The van der Waals surface area contributed by atoms with Crippen LogP contribution in [-0.2, 0) is 4.74 Å². The first kappa shape index (κ1) is 14.6. The Balaban J connectivity index is 1.68. The summed E-state index contributed by atoms with van der Waals surface area (Å²) < 4.78 is 11.6. The lowest BCUT2D eigenvalue weighted by Crippen LogP contribution is -2.36. The van der Waals surface area contributed by atoms with Gasteiger partial charge in [0.15, 0.2) is 0 Å². The summed E-state index contributed by atoms with van der Waals surface area (Å²) in [5.41, 5.74) is 1.21. The second-order valence-corrected chi connectivity index (χ2v) is 6.44. The lowest BCUT2D eigenvalue weighted by molar-refractivity contribution is 0.121. The molecule has 0 N–H and O–H groups in total. The van der Waals surface area contributed by atoms with E-state index in [1.807, 2.05) is 0 Å². The van der Waals surface area contributed by atoms with Gasteiger partial charge in [0.1, 0.15) is 11.9 Å². The van der Waals surface area contributed by atoms with Gasteiger partial charge in [-0.25, -0.2) is 0 Å². The average Bonchev–Trinajstić information content (AvgIpc) is 2.50. The molecular weight excluding hydrogens is 264 g/mol. The van der Waals surface area contributed by atoms with Crippen LogP contribution in [0.25, 0.3) is 0 Å². The molecule has 116 valence electrons. The first-order valence-corrected chi connectivity index (χ1v) is 8.19. The van der Waals surface area contributed by atoms with E-state index in [2.05, 4.69) is 30.9 Å². The molecular formula is C17H26N2O2. The standard InChI is InChI=1S/C17H26N2O2/c1-13-3-5-15(6-4-13)21-17-12-14(2)11-16(18-17)19-7-9-20-10-8-19/h11-13,15H,3-10H2,1-2H3. The van der Waals surface area contributed by atoms with Gasteiger partial charge >= 0.3 is 0 Å². The van der Waals surface area contributed by atoms with Crippen molar-refractivity contribution in [3.05, 3.63) is 17.7 Å². The van der Waals surface area contributed by atoms with E-state index in [1.54, 1.807) is 0 Å². The van der Waals surface area contributed by atoms with Crippen LogP contribution >= 0.6 is 0 Å². The minimum Gasteiger partial charge on any atom is -0.474 e. The minimum absolute atomic E-state index is 0.341. The van der Waals surface area contributed by atoms with Crippen molar-refractivity contribution in [3.63, 3.8) is 0 Å². The van der Waals surface area contributed by atoms with E-state index in [-0.39, 0.29) is 0 Å². The number of hydrogen-bond donors (Lipinski definition) is 0. The third-order valence-corrected chi connectivity index (χ3v) is 4.52. The highest BCUT2D eigenvalue weighted by atomic mass is 16.5. The zero-order valence-electron chi connectivity index (χ0n) is 13.2. The number of aryl methyl sites for hydroxylation is 1. The maximum Gasteiger partial charge on any atom is 0.215 e. The number of morpholine rings is 1. The molecule has 1 aromatic heterocycles. The molecule has 1 aliphatic heterocycles. The second-order valence-electron chi connectivity index (χ2n) is 6.44. The van der Waals surface area contributed by atoms with Crippen molar-refractivity contribution in [2.75, 3.05) is 31.2 Å². The summed E-state index contributed by atoms with van der Waals surface area (Å²) in [7, 11) is 0. The Morgan fingerprint density at radius 3 is 2.57 bits per heavy atom. The quantitative estimate of drug-likeness (QED) is 0.856. The third-order valence-electron chi connectivity index (χ3n) is 4.52. The highest BCUT2D eigenvalue weighted by Gasteiger charge is 2.21. The van der Waals surface area contributed by atoms with E-state index in [4.69, 9.17) is 14.5 Å². The smallest absolute Gasteiger partial charge is 0.215 e. The predicted molar refractivity (Wildman–Crippen MR) is 84.1 cm³/mol. The Labute approximate surface area is 127 Å². The van der Waals surface area contributed by atoms with E-state index in [0.717, 1.165) is 56.8 Å². The summed E-state index contributed by atoms with van der Waals surface area (Å²) in [6.07, 6.45) is 5.19. The largest absolute Gasteiger partial charge is 0.474 e. The van der Waals surface area contributed by atoms with Gasteiger partial charge in [-0.3, -0.25) is 0 Å². The highest BCUT2D eigenvalue weighted by Crippen LogP contribution is 2.28. The molecule has 0 aromatic carbocycles. The van der Waals surface area contributed by atoms with E-state index in [0.29, 0.717) is 6.10 Å². The van der Waals surface area contributed by atoms with Crippen LogP contribution in [0.2, 0.25) is 0 Å². The van der Waals surface area contributed by atoms with Crippen LogP contribution in [0.1, 0.15) is 38.2 Å². The van der Waals surface area contributed by atoms with Crippen LogP contribution in [-0.4, -0.2) is 37.4 Å². The molecule has 1 saturated carbocycles. The highest BCUT2D eigenvalue weighted by molar-refractivity contribution is 5.44. The van der Waals surface area contributed by atoms with Gasteiger partial charge in [-0.1, -0.05) is 6.92 Å². The molecule has 0 amide bonds. The zero-order valence-corrected chi connectivity index (χ0v) is 13.2. The molecule has 3 rings (SSSR count). The molecule has 21 heavy (non-hydrogen) atoms. The fourth-order valence-electron chi connectivity index (χ4n) is 3.15. The summed E-state index contributed by atoms with van der Waals surface area (Å²) in [6, 6.07) is 4.20. The van der Waals surface area contributed by atoms with Crippen molar-refractivity contribution in [2.24, 2.45) is 5.92 Å². The van der Waals surface area contributed by atoms with Gasteiger partial charge in [0.05, 0.1) is 13.2 Å². The van der Waals surface area contributed by atoms with Gasteiger partial charge in [0, 0.05) is 19.2 Å². The summed E-state index contributed by atoms with van der Waals surface area (Å²) in [5.74, 6) is 2.66. The molecule has 1 saturated heterocycles. The van der Waals surface area contributed by atoms with Gasteiger partial charge in [-0.15, -0.1) is 0 Å². The van der Waals surface area contributed by atoms with Crippen molar-refractivity contribution in [1.82, 2.24) is 4.98 Å². The monoisotopic (exact) mass is 290 g/mol. The maximum absolute atomic E-state index is 6.15. The van der Waals surface area contributed by atoms with Crippen LogP contribution < -0.4 is 9.64 Å². The van der Waals surface area contributed by atoms with Crippen molar-refractivity contribution in [2.45, 2.75) is 45.6 Å². The molecule has 0 bridgehead atoms. The molecule has 0 radical (unpaired) electrons. The summed E-state index contributed by atoms with van der Waals surface area (Å²) >= 11 is 0. The molecule has 2 aliphatic rings. The first-order chi connectivity index (χ1) is 10.2. The SMILES string of the molecule is Cc1cc(OC2CCC(C)CC2)nc(N2CCOCC2)c1. The summed E-state index contributed by atoms with van der Waals surface area (Å²) in [6.45, 7) is 7.84. The van der Waals surface area contributed by atoms with Crippen LogP contribution in [0.5, 0.6) is 5.88 Å². The second kappa shape index (κ2) is 6.65. The third kappa shape index (κ3) is 3.88. The number of nitrogens with zero attached hydrogens (tertiary/aromatic N) is 2. The summed E-state index contributed by atoms with van der Waals surface area (Å²) in [5, 5.41) is 0. The van der Waals surface area contributed by atoms with E-state index >= 15 is 0 Å². The molecule has 2 heterocycles. The van der Waals surface area contributed by atoms with E-state index in [9.17, 15) is 0 Å². The fourth-order valence-corrected chi connectivity index (χ4v) is 3.15. The van der Waals surface area contributed by atoms with Crippen LogP contribution in [0.4, 0.5) is 5.82 Å². The van der Waals surface area contributed by atoms with Crippen molar-refractivity contribution in [1.29, 1.82) is 0 Å². The van der Waals surface area contributed by atoms with Crippen LogP contribution in [0, 0.1) is 12.8 Å². The van der Waals surface area contributed by atoms with Crippen molar-refractivity contribution in [3.8, 4) is 5.88 Å². The Kier molecular flexibility index (Phi) is 4.63. The molecule has 4 heteroatoms. The molecule has 0 atom stereocenters. The Morgan fingerprint density at radius 2 is 1.86 bits per heavy atom. The van der Waals surface area contributed by atoms with E-state index in [1.165, 1.54) is 18.4 Å². The van der Waals surface area contributed by atoms with Crippen molar-refractivity contribution < 1.29 is 9.47 Å². The van der Waals surface area contributed by atoms with Gasteiger partial charge in [-0.05, 0) is 50.2 Å². The topological polar surface area (TPSA) is 34.6 Å². The average molecular weight is 290 g/mol. The number of hydrogen-bond acceptors (Lipinski definition) is 4. The van der Waals surface area contributed by atoms with Gasteiger partial charge in [0.25, 0.3) is 0 Å². The molecule has 1 aromatic rings. The predicted octanol–water partition coefficient (Wildman–Crippen LogP) is 3.18. The number of rotatable bonds is 3. The molecule has 0 spiro atoms. The molecule has 4 nitrogen and oxygen atoms in total. The number of ether oxygens (including phenoxy) is 2. The fraction of sp³-hybridized carbons (Fsp3) is 0.706. The Bertz CT molecular complexity index is 464. The number of anilines is 1. The van der Waals surface area contributed by atoms with Crippen LogP contribution in [0.15, 0.2) is 12.1 Å². The normalized spacial score (nSPS) is 26.7. The Hall–Kier alpha value is -1.29. The van der Waals surface area contributed by atoms with Crippen molar-refractivity contribution >= 4 is 5.82 Å². The lowest BCUT2D eigenvalue weighted by atomic mass is 9.89. The number of pyridine rings is 1. The lowest BCUT2D eigenvalue weighted by Gasteiger charge is -2.29. The van der Waals surface area contributed by atoms with E-state index < -0.39 is 0 Å². The van der Waals surface area contributed by atoms with Gasteiger partial charge in [-0.2, -0.15) is 4.98 Å². The van der Waals surface area contributed by atoms with Gasteiger partial charge in [0.2, 0.25) is 5.88 Å². The van der Waals surface area contributed by atoms with Crippen LogP contribution in [0.3, 0.4) is 0 Å². The molecule has 1 aliphatic carbocycles. The molecule has 2 fully saturated rings. The summed E-state index contributed by atoms with van der Waals surface area (Å²) in [4.78, 5) is 7.00.